The molecule has 1 aromatic rings. The Hall–Kier alpha value is -1.82. The van der Waals surface area contributed by atoms with Crippen molar-refractivity contribution in [1.82, 2.24) is 15.6 Å². The summed E-state index contributed by atoms with van der Waals surface area (Å²) in [6, 6.07) is 4.00. The Morgan fingerprint density at radius 3 is 2.79 bits per heavy atom. The predicted molar refractivity (Wildman–Crippen MR) is 96.4 cm³/mol. The van der Waals surface area contributed by atoms with E-state index in [2.05, 4.69) is 27.5 Å². The third kappa shape index (κ3) is 6.35. The standard InChI is InChI=1S/C18H30N4O2/c1-14-4-6-16(7-5-14)24-17-12-15(8-9-20-17)13-22-18(19-2)21-10-11-23-3/h8-9,12,14,16H,4-7,10-11,13H2,1-3H3,(H2,19,21,22). The summed E-state index contributed by atoms with van der Waals surface area (Å²) in [5.74, 6) is 2.30. The van der Waals surface area contributed by atoms with Crippen LogP contribution >= 0.6 is 0 Å². The molecule has 24 heavy (non-hydrogen) atoms. The molecule has 6 heteroatoms. The SMILES string of the molecule is CN=C(NCCOC)NCc1ccnc(OC2CCC(C)CC2)c1. The van der Waals surface area contributed by atoms with E-state index in [4.69, 9.17) is 9.47 Å². The highest BCUT2D eigenvalue weighted by Crippen LogP contribution is 2.26. The van der Waals surface area contributed by atoms with Crippen molar-refractivity contribution in [3.8, 4) is 5.88 Å². The molecule has 0 spiro atoms. The number of aromatic nitrogens is 1. The number of hydrogen-bond acceptors (Lipinski definition) is 4. The van der Waals surface area contributed by atoms with Crippen LogP contribution < -0.4 is 15.4 Å². The third-order valence-electron chi connectivity index (χ3n) is 4.33. The fourth-order valence-electron chi connectivity index (χ4n) is 2.82. The van der Waals surface area contributed by atoms with Crippen LogP contribution in [0.4, 0.5) is 0 Å². The Bertz CT molecular complexity index is 513. The highest BCUT2D eigenvalue weighted by Gasteiger charge is 2.19. The Labute approximate surface area is 145 Å². The molecule has 1 saturated carbocycles. The minimum Gasteiger partial charge on any atom is -0.474 e. The minimum atomic E-state index is 0.306. The lowest BCUT2D eigenvalue weighted by molar-refractivity contribution is 0.130. The van der Waals surface area contributed by atoms with Crippen LogP contribution in [0.25, 0.3) is 0 Å². The number of nitrogens with zero attached hydrogens (tertiary/aromatic N) is 2. The first-order valence-corrected chi connectivity index (χ1v) is 8.76. The van der Waals surface area contributed by atoms with Crippen LogP contribution in [0.1, 0.15) is 38.2 Å². The van der Waals surface area contributed by atoms with Crippen LogP contribution in [0, 0.1) is 5.92 Å². The molecule has 0 radical (unpaired) electrons. The number of guanidine groups is 1. The molecule has 6 nitrogen and oxygen atoms in total. The van der Waals surface area contributed by atoms with E-state index >= 15 is 0 Å². The molecular weight excluding hydrogens is 304 g/mol. The summed E-state index contributed by atoms with van der Waals surface area (Å²) >= 11 is 0. The van der Waals surface area contributed by atoms with Crippen LogP contribution in [0.2, 0.25) is 0 Å². The second-order valence-electron chi connectivity index (χ2n) is 6.35. The van der Waals surface area contributed by atoms with Gasteiger partial charge < -0.3 is 20.1 Å². The largest absolute Gasteiger partial charge is 0.474 e. The van der Waals surface area contributed by atoms with Gasteiger partial charge in [-0.1, -0.05) is 6.92 Å². The van der Waals surface area contributed by atoms with Crippen LogP contribution in [0.3, 0.4) is 0 Å². The molecule has 2 rings (SSSR count). The van der Waals surface area contributed by atoms with E-state index in [0.717, 1.165) is 42.7 Å². The first-order chi connectivity index (χ1) is 11.7. The summed E-state index contributed by atoms with van der Waals surface area (Å²) in [7, 11) is 3.44. The van der Waals surface area contributed by atoms with Gasteiger partial charge in [-0.05, 0) is 43.2 Å². The fraction of sp³-hybridized carbons (Fsp3) is 0.667. The van der Waals surface area contributed by atoms with Gasteiger partial charge in [-0.15, -0.1) is 0 Å². The summed E-state index contributed by atoms with van der Waals surface area (Å²) < 4.78 is 11.1. The Kier molecular flexibility index (Phi) is 7.82. The molecule has 1 aliphatic rings. The van der Waals surface area contributed by atoms with Crippen molar-refractivity contribution in [3.05, 3.63) is 23.9 Å². The molecule has 134 valence electrons. The van der Waals surface area contributed by atoms with Crippen molar-refractivity contribution in [2.75, 3.05) is 27.3 Å². The molecule has 0 aromatic carbocycles. The molecule has 0 saturated heterocycles. The molecule has 0 atom stereocenters. The van der Waals surface area contributed by atoms with Crippen molar-refractivity contribution in [2.45, 2.75) is 45.3 Å². The molecular formula is C18H30N4O2. The molecule has 1 aromatic heterocycles. The average molecular weight is 334 g/mol. The van der Waals surface area contributed by atoms with E-state index in [1.54, 1.807) is 20.4 Å². The smallest absolute Gasteiger partial charge is 0.213 e. The Balaban J connectivity index is 1.81. The number of methoxy groups -OCH3 is 1. The Morgan fingerprint density at radius 1 is 1.29 bits per heavy atom. The third-order valence-corrected chi connectivity index (χ3v) is 4.33. The fourth-order valence-corrected chi connectivity index (χ4v) is 2.82. The molecule has 0 unspecified atom stereocenters. The number of ether oxygens (including phenoxy) is 2. The van der Waals surface area contributed by atoms with Crippen molar-refractivity contribution < 1.29 is 9.47 Å². The number of hydrogen-bond donors (Lipinski definition) is 2. The monoisotopic (exact) mass is 334 g/mol. The van der Waals surface area contributed by atoms with E-state index in [1.165, 1.54) is 12.8 Å². The highest BCUT2D eigenvalue weighted by molar-refractivity contribution is 5.79. The lowest BCUT2D eigenvalue weighted by atomic mass is 9.89. The zero-order chi connectivity index (χ0) is 17.2. The van der Waals surface area contributed by atoms with Crippen molar-refractivity contribution in [1.29, 1.82) is 0 Å². The van der Waals surface area contributed by atoms with Gasteiger partial charge in [0.15, 0.2) is 5.96 Å². The van der Waals surface area contributed by atoms with E-state index < -0.39 is 0 Å². The second-order valence-corrected chi connectivity index (χ2v) is 6.35. The van der Waals surface area contributed by atoms with Crippen molar-refractivity contribution >= 4 is 5.96 Å². The summed E-state index contributed by atoms with van der Waals surface area (Å²) in [5, 5.41) is 6.47. The van der Waals surface area contributed by atoms with E-state index in [1.807, 2.05) is 12.1 Å². The van der Waals surface area contributed by atoms with Crippen molar-refractivity contribution in [2.24, 2.45) is 10.9 Å². The lowest BCUT2D eigenvalue weighted by Crippen LogP contribution is -2.38. The molecule has 2 N–H and O–H groups in total. The zero-order valence-electron chi connectivity index (χ0n) is 15.0. The maximum Gasteiger partial charge on any atom is 0.213 e. The van der Waals surface area contributed by atoms with Gasteiger partial charge in [0.05, 0.1) is 6.61 Å². The number of pyridine rings is 1. The first-order valence-electron chi connectivity index (χ1n) is 8.76. The normalized spacial score (nSPS) is 21.4. The molecule has 0 amide bonds. The molecule has 0 bridgehead atoms. The molecule has 1 heterocycles. The molecule has 1 fully saturated rings. The number of aliphatic imine (C=N–C) groups is 1. The van der Waals surface area contributed by atoms with Crippen molar-refractivity contribution in [3.63, 3.8) is 0 Å². The number of rotatable bonds is 7. The predicted octanol–water partition coefficient (Wildman–Crippen LogP) is 2.35. The first kappa shape index (κ1) is 18.5. The van der Waals surface area contributed by atoms with E-state index in [0.29, 0.717) is 19.3 Å². The Morgan fingerprint density at radius 2 is 2.08 bits per heavy atom. The van der Waals surface area contributed by atoms with Crippen LogP contribution in [0.15, 0.2) is 23.3 Å². The van der Waals surface area contributed by atoms with Gasteiger partial charge in [0.25, 0.3) is 0 Å². The number of nitrogens with one attached hydrogen (secondary N) is 2. The summed E-state index contributed by atoms with van der Waals surface area (Å²) in [6.07, 6.45) is 6.85. The zero-order valence-corrected chi connectivity index (χ0v) is 15.0. The summed E-state index contributed by atoms with van der Waals surface area (Å²) in [4.78, 5) is 8.54. The van der Waals surface area contributed by atoms with E-state index in [-0.39, 0.29) is 0 Å². The van der Waals surface area contributed by atoms with E-state index in [9.17, 15) is 0 Å². The minimum absolute atomic E-state index is 0.306. The van der Waals surface area contributed by atoms with Gasteiger partial charge in [0, 0.05) is 39.5 Å². The maximum atomic E-state index is 6.06. The van der Waals surface area contributed by atoms with Gasteiger partial charge in [-0.3, -0.25) is 4.99 Å². The van der Waals surface area contributed by atoms with Gasteiger partial charge in [0.1, 0.15) is 6.10 Å². The van der Waals surface area contributed by atoms with Crippen LogP contribution in [0.5, 0.6) is 5.88 Å². The topological polar surface area (TPSA) is 67.8 Å². The van der Waals surface area contributed by atoms with Gasteiger partial charge in [-0.2, -0.15) is 0 Å². The van der Waals surface area contributed by atoms with Crippen LogP contribution in [-0.2, 0) is 11.3 Å². The quantitative estimate of drug-likeness (QED) is 0.455. The van der Waals surface area contributed by atoms with Gasteiger partial charge >= 0.3 is 0 Å². The van der Waals surface area contributed by atoms with Gasteiger partial charge in [-0.25, -0.2) is 4.98 Å². The molecule has 1 aliphatic carbocycles. The van der Waals surface area contributed by atoms with Crippen LogP contribution in [-0.4, -0.2) is 44.4 Å². The molecule has 0 aliphatic heterocycles. The maximum absolute atomic E-state index is 6.06. The highest BCUT2D eigenvalue weighted by atomic mass is 16.5. The summed E-state index contributed by atoms with van der Waals surface area (Å²) in [6.45, 7) is 4.36. The summed E-state index contributed by atoms with van der Waals surface area (Å²) in [5.41, 5.74) is 1.12. The lowest BCUT2D eigenvalue weighted by Gasteiger charge is -2.26. The van der Waals surface area contributed by atoms with Gasteiger partial charge in [0.2, 0.25) is 5.88 Å². The average Bonchev–Trinajstić information content (AvgIpc) is 2.60. The second kappa shape index (κ2) is 10.1.